The first kappa shape index (κ1) is 22.4. The predicted molar refractivity (Wildman–Crippen MR) is 116 cm³/mol. The Morgan fingerprint density at radius 1 is 1.11 bits per heavy atom. The second-order valence-corrected chi connectivity index (χ2v) is 10.3. The minimum absolute atomic E-state index is 0.0834. The van der Waals surface area contributed by atoms with E-state index < -0.39 is 10.0 Å². The summed E-state index contributed by atoms with van der Waals surface area (Å²) in [6.07, 6.45) is 0. The zero-order valence-electron chi connectivity index (χ0n) is 16.5. The minimum Gasteiger partial charge on any atom is -0.351 e. The number of amides is 1. The molecular weight excluding hydrogens is 442 g/mol. The van der Waals surface area contributed by atoms with Crippen LogP contribution in [0.15, 0.2) is 57.9 Å². The van der Waals surface area contributed by atoms with Crippen molar-refractivity contribution in [1.82, 2.24) is 10.2 Å². The highest BCUT2D eigenvalue weighted by Crippen LogP contribution is 2.20. The molecule has 6 nitrogen and oxygen atoms in total. The van der Waals surface area contributed by atoms with Gasteiger partial charge in [-0.3, -0.25) is 9.52 Å². The standard InChI is InChI=1S/C20H26BrN3O3S/c1-20(2,14-24(3)4)13-22-19(25)15-6-5-7-17(12-15)23-28(26,27)18-10-8-16(21)9-11-18/h5-12,23H,13-14H2,1-4H3,(H,22,25). The van der Waals surface area contributed by atoms with E-state index in [9.17, 15) is 13.2 Å². The molecule has 2 N–H and O–H groups in total. The second-order valence-electron chi connectivity index (χ2n) is 7.72. The monoisotopic (exact) mass is 467 g/mol. The van der Waals surface area contributed by atoms with Crippen LogP contribution in [0.2, 0.25) is 0 Å². The molecule has 0 saturated carbocycles. The molecule has 0 fully saturated rings. The maximum atomic E-state index is 12.5. The van der Waals surface area contributed by atoms with Crippen molar-refractivity contribution in [2.75, 3.05) is 31.9 Å². The smallest absolute Gasteiger partial charge is 0.261 e. The number of sulfonamides is 1. The van der Waals surface area contributed by atoms with Crippen LogP contribution in [0.1, 0.15) is 24.2 Å². The summed E-state index contributed by atoms with van der Waals surface area (Å²) in [5.74, 6) is -0.239. The molecular formula is C20H26BrN3O3S. The summed E-state index contributed by atoms with van der Waals surface area (Å²) in [5, 5.41) is 2.92. The van der Waals surface area contributed by atoms with E-state index in [4.69, 9.17) is 0 Å². The summed E-state index contributed by atoms with van der Waals surface area (Å²) >= 11 is 3.28. The molecule has 0 spiro atoms. The zero-order chi connectivity index (χ0) is 20.9. The Kier molecular flexibility index (Phi) is 7.25. The quantitative estimate of drug-likeness (QED) is 0.621. The molecule has 1 amide bonds. The van der Waals surface area contributed by atoms with Crippen LogP contribution in [0.4, 0.5) is 5.69 Å². The molecule has 0 saturated heterocycles. The van der Waals surface area contributed by atoms with Gasteiger partial charge in [0.1, 0.15) is 0 Å². The van der Waals surface area contributed by atoms with Crippen molar-refractivity contribution in [3.05, 3.63) is 58.6 Å². The SMILES string of the molecule is CN(C)CC(C)(C)CNC(=O)c1cccc(NS(=O)(=O)c2ccc(Br)cc2)c1. The third-order valence-corrected chi connectivity index (χ3v) is 5.90. The number of nitrogens with one attached hydrogen (secondary N) is 2. The van der Waals surface area contributed by atoms with Gasteiger partial charge in [-0.2, -0.15) is 0 Å². The third-order valence-electron chi connectivity index (χ3n) is 3.97. The first-order valence-corrected chi connectivity index (χ1v) is 11.1. The van der Waals surface area contributed by atoms with Crippen molar-refractivity contribution in [1.29, 1.82) is 0 Å². The summed E-state index contributed by atoms with van der Waals surface area (Å²) in [4.78, 5) is 14.7. The van der Waals surface area contributed by atoms with E-state index in [1.807, 2.05) is 14.1 Å². The summed E-state index contributed by atoms with van der Waals surface area (Å²) in [5.41, 5.74) is 0.653. The van der Waals surface area contributed by atoms with E-state index in [1.165, 1.54) is 18.2 Å². The van der Waals surface area contributed by atoms with Crippen LogP contribution in [0, 0.1) is 5.41 Å². The molecule has 0 aliphatic carbocycles. The highest BCUT2D eigenvalue weighted by Gasteiger charge is 2.20. The van der Waals surface area contributed by atoms with Crippen molar-refractivity contribution in [3.8, 4) is 0 Å². The van der Waals surface area contributed by atoms with Crippen molar-refractivity contribution < 1.29 is 13.2 Å². The van der Waals surface area contributed by atoms with Crippen molar-refractivity contribution in [3.63, 3.8) is 0 Å². The number of nitrogens with zero attached hydrogens (tertiary/aromatic N) is 1. The predicted octanol–water partition coefficient (Wildman–Crippen LogP) is 3.57. The van der Waals surface area contributed by atoms with Crippen molar-refractivity contribution in [2.45, 2.75) is 18.7 Å². The minimum atomic E-state index is -3.73. The van der Waals surface area contributed by atoms with Crippen LogP contribution < -0.4 is 10.0 Å². The van der Waals surface area contributed by atoms with Gasteiger partial charge in [-0.15, -0.1) is 0 Å². The Bertz CT molecular complexity index is 926. The lowest BCUT2D eigenvalue weighted by Gasteiger charge is -2.28. The highest BCUT2D eigenvalue weighted by atomic mass is 79.9. The molecule has 28 heavy (non-hydrogen) atoms. The first-order valence-electron chi connectivity index (χ1n) is 8.80. The maximum absolute atomic E-state index is 12.5. The fraction of sp³-hybridized carbons (Fsp3) is 0.350. The Morgan fingerprint density at radius 3 is 2.36 bits per heavy atom. The number of benzene rings is 2. The molecule has 0 aliphatic heterocycles. The van der Waals surface area contributed by atoms with E-state index in [0.29, 0.717) is 17.8 Å². The van der Waals surface area contributed by atoms with E-state index >= 15 is 0 Å². The van der Waals surface area contributed by atoms with Gasteiger partial charge in [0.2, 0.25) is 0 Å². The van der Waals surface area contributed by atoms with Gasteiger partial charge in [-0.1, -0.05) is 35.8 Å². The molecule has 0 aliphatic rings. The van der Waals surface area contributed by atoms with Gasteiger partial charge in [-0.25, -0.2) is 8.42 Å². The second kappa shape index (κ2) is 9.07. The fourth-order valence-electron chi connectivity index (χ4n) is 2.89. The lowest BCUT2D eigenvalue weighted by molar-refractivity contribution is 0.0929. The van der Waals surface area contributed by atoms with Crippen LogP contribution in [0.25, 0.3) is 0 Å². The van der Waals surface area contributed by atoms with Crippen LogP contribution in [-0.4, -0.2) is 46.4 Å². The molecule has 8 heteroatoms. The fourth-order valence-corrected chi connectivity index (χ4v) is 4.20. The largest absolute Gasteiger partial charge is 0.351 e. The van der Waals surface area contributed by atoms with Gasteiger partial charge >= 0.3 is 0 Å². The zero-order valence-corrected chi connectivity index (χ0v) is 18.9. The molecule has 0 aromatic heterocycles. The lowest BCUT2D eigenvalue weighted by Crippen LogP contribution is -2.39. The molecule has 2 aromatic carbocycles. The average Bonchev–Trinajstić information content (AvgIpc) is 2.59. The van der Waals surface area contributed by atoms with E-state index in [1.54, 1.807) is 30.3 Å². The number of hydrogen-bond donors (Lipinski definition) is 2. The summed E-state index contributed by atoms with van der Waals surface area (Å²) < 4.78 is 28.4. The average molecular weight is 468 g/mol. The molecule has 0 bridgehead atoms. The van der Waals surface area contributed by atoms with Gasteiger partial charge in [0, 0.05) is 28.8 Å². The third kappa shape index (κ3) is 6.61. The molecule has 2 aromatic rings. The Morgan fingerprint density at radius 2 is 1.75 bits per heavy atom. The van der Waals surface area contributed by atoms with Crippen molar-refractivity contribution in [2.24, 2.45) is 5.41 Å². The number of rotatable bonds is 8. The Balaban J connectivity index is 2.09. The summed E-state index contributed by atoms with van der Waals surface area (Å²) in [7, 11) is 0.252. The molecule has 2 rings (SSSR count). The van der Waals surface area contributed by atoms with E-state index in [-0.39, 0.29) is 16.2 Å². The molecule has 0 atom stereocenters. The van der Waals surface area contributed by atoms with Crippen LogP contribution in [-0.2, 0) is 10.0 Å². The summed E-state index contributed by atoms with van der Waals surface area (Å²) in [6.45, 7) is 5.51. The van der Waals surface area contributed by atoms with E-state index in [2.05, 4.69) is 44.7 Å². The van der Waals surface area contributed by atoms with Crippen molar-refractivity contribution >= 4 is 37.5 Å². The van der Waals surface area contributed by atoms with Gasteiger partial charge in [-0.05, 0) is 62.0 Å². The number of hydrogen-bond acceptors (Lipinski definition) is 4. The summed E-state index contributed by atoms with van der Waals surface area (Å²) in [6, 6.07) is 12.8. The number of halogens is 1. The number of carbonyl (C=O) groups excluding carboxylic acids is 1. The van der Waals surface area contributed by atoms with Gasteiger partial charge < -0.3 is 10.2 Å². The van der Waals surface area contributed by atoms with Crippen LogP contribution in [0.3, 0.4) is 0 Å². The lowest BCUT2D eigenvalue weighted by atomic mass is 9.93. The number of carbonyl (C=O) groups is 1. The highest BCUT2D eigenvalue weighted by molar-refractivity contribution is 9.10. The first-order chi connectivity index (χ1) is 13.0. The van der Waals surface area contributed by atoms with Gasteiger partial charge in [0.15, 0.2) is 0 Å². The van der Waals surface area contributed by atoms with E-state index in [0.717, 1.165) is 11.0 Å². The van der Waals surface area contributed by atoms with Crippen LogP contribution in [0.5, 0.6) is 0 Å². The normalized spacial score (nSPS) is 12.1. The molecule has 0 unspecified atom stereocenters. The Hall–Kier alpha value is -1.90. The van der Waals surface area contributed by atoms with Gasteiger partial charge in [0.05, 0.1) is 4.90 Å². The maximum Gasteiger partial charge on any atom is 0.261 e. The van der Waals surface area contributed by atoms with Crippen LogP contribution >= 0.6 is 15.9 Å². The Labute approximate surface area is 175 Å². The topological polar surface area (TPSA) is 78.5 Å². The molecule has 152 valence electrons. The van der Waals surface area contributed by atoms with Gasteiger partial charge in [0.25, 0.3) is 15.9 Å². The molecule has 0 radical (unpaired) electrons. The number of anilines is 1. The molecule has 0 heterocycles.